The van der Waals surface area contributed by atoms with Gasteiger partial charge in [-0.1, -0.05) is 19.3 Å². The maximum absolute atomic E-state index is 12.3. The number of sulfonamides is 1. The van der Waals surface area contributed by atoms with Crippen molar-refractivity contribution in [2.45, 2.75) is 68.7 Å². The summed E-state index contributed by atoms with van der Waals surface area (Å²) in [6.45, 7) is 1.66. The molecule has 0 spiro atoms. The average molecular weight is 272 g/mol. The first kappa shape index (κ1) is 13.7. The number of nitrogens with zero attached hydrogens (tertiary/aromatic N) is 1. The summed E-state index contributed by atoms with van der Waals surface area (Å²) >= 11 is 0. The topological polar surface area (TPSA) is 75.6 Å². The molecule has 0 amide bonds. The molecule has 2 aliphatic rings. The molecule has 102 valence electrons. The second kappa shape index (κ2) is 5.11. The van der Waals surface area contributed by atoms with E-state index in [4.69, 9.17) is 0 Å². The lowest BCUT2D eigenvalue weighted by atomic mass is 9.80. The Balaban J connectivity index is 2.21. The molecular weight excluding hydrogens is 252 g/mol. The molecule has 0 radical (unpaired) electrons. The second-order valence-corrected chi connectivity index (χ2v) is 7.48. The minimum Gasteiger partial charge on any atom is -0.212 e. The summed E-state index contributed by atoms with van der Waals surface area (Å²) in [5.41, 5.74) is -0.763. The van der Waals surface area contributed by atoms with Gasteiger partial charge in [0.2, 0.25) is 16.1 Å². The van der Waals surface area contributed by atoms with Gasteiger partial charge in [0.05, 0.1) is 10.8 Å². The molecular formula is C12H20N2O3S. The largest absolute Gasteiger partial charge is 0.235 e. The van der Waals surface area contributed by atoms with Gasteiger partial charge in [-0.2, -0.15) is 4.99 Å². The molecule has 18 heavy (non-hydrogen) atoms. The van der Waals surface area contributed by atoms with Crippen LogP contribution >= 0.6 is 0 Å². The van der Waals surface area contributed by atoms with Gasteiger partial charge in [-0.05, 0) is 32.6 Å². The third-order valence-electron chi connectivity index (χ3n) is 4.12. The predicted molar refractivity (Wildman–Crippen MR) is 68.5 cm³/mol. The number of hydrogen-bond donors (Lipinski definition) is 1. The molecule has 0 aromatic carbocycles. The van der Waals surface area contributed by atoms with Gasteiger partial charge in [-0.15, -0.1) is 0 Å². The monoisotopic (exact) mass is 272 g/mol. The Morgan fingerprint density at radius 3 is 2.39 bits per heavy atom. The van der Waals surface area contributed by atoms with Gasteiger partial charge < -0.3 is 0 Å². The van der Waals surface area contributed by atoms with Crippen molar-refractivity contribution >= 4 is 16.1 Å². The lowest BCUT2D eigenvalue weighted by Gasteiger charge is -2.36. The molecule has 5 nitrogen and oxygen atoms in total. The Morgan fingerprint density at radius 2 is 1.89 bits per heavy atom. The van der Waals surface area contributed by atoms with Crippen LogP contribution in [-0.4, -0.2) is 31.3 Å². The van der Waals surface area contributed by atoms with E-state index in [9.17, 15) is 13.2 Å². The van der Waals surface area contributed by atoms with Gasteiger partial charge in [0.1, 0.15) is 0 Å². The summed E-state index contributed by atoms with van der Waals surface area (Å²) in [7, 11) is -3.40. The van der Waals surface area contributed by atoms with Crippen molar-refractivity contribution in [1.29, 1.82) is 0 Å². The van der Waals surface area contributed by atoms with Crippen LogP contribution in [0.1, 0.15) is 51.9 Å². The zero-order valence-corrected chi connectivity index (χ0v) is 11.5. The zero-order valence-electron chi connectivity index (χ0n) is 10.7. The van der Waals surface area contributed by atoms with E-state index in [1.54, 1.807) is 13.0 Å². The highest BCUT2D eigenvalue weighted by Crippen LogP contribution is 2.37. The summed E-state index contributed by atoms with van der Waals surface area (Å²) in [5.74, 6) is 0. The van der Waals surface area contributed by atoms with Gasteiger partial charge in [0.15, 0.2) is 0 Å². The molecule has 6 heteroatoms. The molecule has 0 heterocycles. The maximum Gasteiger partial charge on any atom is 0.235 e. The average Bonchev–Trinajstić information content (AvgIpc) is 3.13. The Kier molecular flexibility index (Phi) is 3.90. The number of aliphatic imine (C=N–C) groups is 1. The maximum atomic E-state index is 12.3. The molecule has 1 N–H and O–H groups in total. The minimum atomic E-state index is -3.40. The van der Waals surface area contributed by atoms with E-state index in [-0.39, 0.29) is 6.04 Å². The summed E-state index contributed by atoms with van der Waals surface area (Å²) in [5, 5.41) is -0.660. The van der Waals surface area contributed by atoms with E-state index in [0.717, 1.165) is 32.1 Å². The van der Waals surface area contributed by atoms with Crippen LogP contribution in [-0.2, 0) is 14.8 Å². The van der Waals surface area contributed by atoms with E-state index >= 15 is 0 Å². The number of carbonyl (C=O) groups excluding carboxylic acids is 1. The van der Waals surface area contributed by atoms with Gasteiger partial charge in [-0.25, -0.2) is 17.9 Å². The summed E-state index contributed by atoms with van der Waals surface area (Å²) in [4.78, 5) is 14.5. The van der Waals surface area contributed by atoms with Gasteiger partial charge in [0.25, 0.3) is 0 Å². The molecule has 0 aliphatic heterocycles. The minimum absolute atomic E-state index is 0.0956. The molecule has 2 saturated carbocycles. The standard InChI is InChI=1S/C12H20N2O3S/c1-10(18(16,17)14-11-5-6-11)12(13-9-15)7-3-2-4-8-12/h10-11,14H,2-8H2,1H3. The molecule has 2 rings (SSSR count). The van der Waals surface area contributed by atoms with E-state index in [1.165, 1.54) is 0 Å². The molecule has 2 aliphatic carbocycles. The highest BCUT2D eigenvalue weighted by atomic mass is 32.2. The van der Waals surface area contributed by atoms with Crippen molar-refractivity contribution in [3.63, 3.8) is 0 Å². The first-order chi connectivity index (χ1) is 8.50. The third-order valence-corrected chi connectivity index (χ3v) is 6.15. The van der Waals surface area contributed by atoms with Crippen molar-refractivity contribution in [3.8, 4) is 0 Å². The summed E-state index contributed by atoms with van der Waals surface area (Å²) in [6, 6.07) is 0.0956. The first-order valence-electron chi connectivity index (χ1n) is 6.60. The smallest absolute Gasteiger partial charge is 0.212 e. The molecule has 1 unspecified atom stereocenters. The third kappa shape index (κ3) is 2.82. The normalized spacial score (nSPS) is 25.2. The lowest BCUT2D eigenvalue weighted by Crippen LogP contribution is -2.49. The van der Waals surface area contributed by atoms with Gasteiger partial charge >= 0.3 is 0 Å². The molecule has 0 aromatic heterocycles. The summed E-state index contributed by atoms with van der Waals surface area (Å²) in [6.07, 6.45) is 7.66. The van der Waals surface area contributed by atoms with Crippen LogP contribution in [0, 0.1) is 0 Å². The number of nitrogens with one attached hydrogen (secondary N) is 1. The Bertz CT molecular complexity index is 444. The van der Waals surface area contributed by atoms with E-state index in [0.29, 0.717) is 12.8 Å². The van der Waals surface area contributed by atoms with E-state index in [1.807, 2.05) is 0 Å². The number of rotatable bonds is 5. The quantitative estimate of drug-likeness (QED) is 0.608. The fraction of sp³-hybridized carbons (Fsp3) is 0.917. The Labute approximate surface area is 108 Å². The lowest BCUT2D eigenvalue weighted by molar-refractivity contribution is 0.289. The van der Waals surface area contributed by atoms with Crippen molar-refractivity contribution in [2.24, 2.45) is 4.99 Å². The van der Waals surface area contributed by atoms with Crippen LogP contribution < -0.4 is 4.72 Å². The molecule has 0 bridgehead atoms. The fourth-order valence-corrected chi connectivity index (χ4v) is 4.46. The zero-order chi connectivity index (χ0) is 13.2. The van der Waals surface area contributed by atoms with Gasteiger partial charge in [-0.3, -0.25) is 0 Å². The van der Waals surface area contributed by atoms with Crippen LogP contribution in [0.4, 0.5) is 0 Å². The van der Waals surface area contributed by atoms with Gasteiger partial charge in [0, 0.05) is 6.04 Å². The Morgan fingerprint density at radius 1 is 1.28 bits per heavy atom. The number of hydrogen-bond acceptors (Lipinski definition) is 4. The second-order valence-electron chi connectivity index (χ2n) is 5.45. The molecule has 1 atom stereocenters. The molecule has 0 aromatic rings. The summed E-state index contributed by atoms with van der Waals surface area (Å²) < 4.78 is 27.2. The van der Waals surface area contributed by atoms with Crippen LogP contribution in [0.15, 0.2) is 4.99 Å². The molecule has 2 fully saturated rings. The van der Waals surface area contributed by atoms with Crippen molar-refractivity contribution in [1.82, 2.24) is 4.72 Å². The highest BCUT2D eigenvalue weighted by Gasteiger charge is 2.45. The number of isocyanates is 1. The highest BCUT2D eigenvalue weighted by molar-refractivity contribution is 7.90. The van der Waals surface area contributed by atoms with Crippen LogP contribution in [0.5, 0.6) is 0 Å². The van der Waals surface area contributed by atoms with Crippen LogP contribution in [0.25, 0.3) is 0 Å². The van der Waals surface area contributed by atoms with Crippen molar-refractivity contribution < 1.29 is 13.2 Å². The predicted octanol–water partition coefficient (Wildman–Crippen LogP) is 1.50. The van der Waals surface area contributed by atoms with Crippen LogP contribution in [0.2, 0.25) is 0 Å². The first-order valence-corrected chi connectivity index (χ1v) is 8.15. The van der Waals surface area contributed by atoms with E-state index in [2.05, 4.69) is 9.71 Å². The SMILES string of the molecule is CC(C1(N=C=O)CCCCC1)S(=O)(=O)NC1CC1. The van der Waals surface area contributed by atoms with Crippen molar-refractivity contribution in [2.75, 3.05) is 0 Å². The fourth-order valence-electron chi connectivity index (χ4n) is 2.69. The van der Waals surface area contributed by atoms with Crippen LogP contribution in [0.3, 0.4) is 0 Å². The Hall–Kier alpha value is -0.710. The van der Waals surface area contributed by atoms with Crippen molar-refractivity contribution in [3.05, 3.63) is 0 Å². The van der Waals surface area contributed by atoms with E-state index < -0.39 is 20.8 Å². The molecule has 0 saturated heterocycles.